The topological polar surface area (TPSA) is 41.7 Å². The van der Waals surface area contributed by atoms with Gasteiger partial charge >= 0.3 is 0 Å². The van der Waals surface area contributed by atoms with E-state index in [0.717, 1.165) is 50.4 Å². The molecule has 4 nitrogen and oxygen atoms in total. The van der Waals surface area contributed by atoms with Crippen LogP contribution < -0.4 is 15.4 Å². The molecule has 188 valence electrons. The third-order valence-corrected chi connectivity index (χ3v) is 8.17. The predicted octanol–water partition coefficient (Wildman–Crippen LogP) is 6.34. The molecule has 3 rings (SSSR count). The molecule has 0 bridgehead atoms. The Labute approximate surface area is 204 Å². The van der Waals surface area contributed by atoms with E-state index in [1.807, 2.05) is 0 Å². The fourth-order valence-corrected chi connectivity index (χ4v) is 5.42. The van der Waals surface area contributed by atoms with E-state index in [1.54, 1.807) is 0 Å². The van der Waals surface area contributed by atoms with Gasteiger partial charge in [0.1, 0.15) is 5.75 Å². The summed E-state index contributed by atoms with van der Waals surface area (Å²) in [6.07, 6.45) is 11.7. The maximum atomic E-state index is 6.45. The molecule has 1 saturated heterocycles. The molecule has 2 fully saturated rings. The van der Waals surface area contributed by atoms with E-state index in [0.29, 0.717) is 18.0 Å². The molecular weight excluding hydrogens is 406 g/mol. The Bertz CT molecular complexity index is 647. The molecular formula is C29H51N3O. The molecule has 1 aromatic carbocycles. The summed E-state index contributed by atoms with van der Waals surface area (Å²) in [5, 5.41) is 0. The van der Waals surface area contributed by atoms with Gasteiger partial charge in [-0.05, 0) is 74.1 Å². The lowest BCUT2D eigenvalue weighted by Crippen LogP contribution is -2.49. The second kappa shape index (κ2) is 13.6. The number of benzene rings is 1. The summed E-state index contributed by atoms with van der Waals surface area (Å²) < 4.78 is 6.17. The van der Waals surface area contributed by atoms with Crippen molar-refractivity contribution in [1.82, 2.24) is 4.90 Å². The number of nitrogens with two attached hydrogens (primary N) is 1. The van der Waals surface area contributed by atoms with Crippen LogP contribution in [0.2, 0.25) is 0 Å². The summed E-state index contributed by atoms with van der Waals surface area (Å²) in [6, 6.07) is 9.89. The minimum absolute atomic E-state index is 0.296. The molecule has 0 amide bonds. The lowest BCUT2D eigenvalue weighted by atomic mass is 9.90. The van der Waals surface area contributed by atoms with Crippen molar-refractivity contribution in [1.29, 1.82) is 0 Å². The van der Waals surface area contributed by atoms with Crippen molar-refractivity contribution < 1.29 is 4.74 Å². The summed E-state index contributed by atoms with van der Waals surface area (Å²) >= 11 is 0. The van der Waals surface area contributed by atoms with Crippen LogP contribution in [0.15, 0.2) is 24.3 Å². The fourth-order valence-electron chi connectivity index (χ4n) is 5.42. The molecule has 1 aromatic rings. The van der Waals surface area contributed by atoms with E-state index >= 15 is 0 Å². The maximum Gasteiger partial charge on any atom is 0.119 e. The molecule has 1 heterocycles. The van der Waals surface area contributed by atoms with Crippen LogP contribution in [0.4, 0.5) is 5.69 Å². The molecule has 2 N–H and O–H groups in total. The number of rotatable bonds is 12. The second-order valence-electron chi connectivity index (χ2n) is 11.3. The molecule has 2 aliphatic rings. The van der Waals surface area contributed by atoms with Crippen molar-refractivity contribution in [3.8, 4) is 5.75 Å². The third-order valence-electron chi connectivity index (χ3n) is 8.17. The minimum Gasteiger partial charge on any atom is -0.493 e. The van der Waals surface area contributed by atoms with Crippen molar-refractivity contribution in [2.45, 2.75) is 97.6 Å². The van der Waals surface area contributed by atoms with Crippen molar-refractivity contribution >= 4 is 5.69 Å². The number of likely N-dealkylation sites (tertiary alicyclic amines) is 1. The summed E-state index contributed by atoms with van der Waals surface area (Å²) in [7, 11) is 0. The van der Waals surface area contributed by atoms with Gasteiger partial charge in [-0.15, -0.1) is 0 Å². The Hall–Kier alpha value is -1.26. The zero-order chi connectivity index (χ0) is 23.6. The van der Waals surface area contributed by atoms with Crippen molar-refractivity contribution in [3.63, 3.8) is 0 Å². The number of nitrogens with zero attached hydrogens (tertiary/aromatic N) is 2. The number of piperidine rings is 1. The lowest BCUT2D eigenvalue weighted by Gasteiger charge is -2.41. The number of ether oxygens (including phenoxy) is 1. The Morgan fingerprint density at radius 1 is 1.00 bits per heavy atom. The SMILES string of the molecule is CCC(C)C(N)CN1CCC(N(CCC(C)C)c2ccc(OCC3CCCCC3)cc2)CC1. The first-order chi connectivity index (χ1) is 16.0. The zero-order valence-electron chi connectivity index (χ0n) is 22.0. The Morgan fingerprint density at radius 3 is 2.27 bits per heavy atom. The van der Waals surface area contributed by atoms with Crippen molar-refractivity contribution in [3.05, 3.63) is 24.3 Å². The highest BCUT2D eigenvalue weighted by atomic mass is 16.5. The van der Waals surface area contributed by atoms with E-state index in [4.69, 9.17) is 10.5 Å². The van der Waals surface area contributed by atoms with Crippen LogP contribution in [0.1, 0.15) is 85.5 Å². The largest absolute Gasteiger partial charge is 0.493 e. The highest BCUT2D eigenvalue weighted by Gasteiger charge is 2.26. The number of hydrogen-bond acceptors (Lipinski definition) is 4. The molecule has 0 aromatic heterocycles. The number of anilines is 1. The second-order valence-corrected chi connectivity index (χ2v) is 11.3. The van der Waals surface area contributed by atoms with Gasteiger partial charge in [-0.3, -0.25) is 0 Å². The standard InChI is InChI=1S/C29H51N3O/c1-5-24(4)29(30)21-31-18-16-27(17-19-31)32(20-15-23(2)3)26-11-13-28(14-12-26)33-22-25-9-7-6-8-10-25/h11-14,23-25,27,29H,5-10,15-22,30H2,1-4H3. The molecule has 2 atom stereocenters. The van der Waals surface area contributed by atoms with Crippen LogP contribution in [-0.4, -0.2) is 49.8 Å². The molecule has 0 radical (unpaired) electrons. The van der Waals surface area contributed by atoms with E-state index in [1.165, 1.54) is 63.5 Å². The number of hydrogen-bond donors (Lipinski definition) is 1. The smallest absolute Gasteiger partial charge is 0.119 e. The summed E-state index contributed by atoms with van der Waals surface area (Å²) in [4.78, 5) is 5.27. The minimum atomic E-state index is 0.296. The lowest BCUT2D eigenvalue weighted by molar-refractivity contribution is 0.183. The van der Waals surface area contributed by atoms with Gasteiger partial charge in [0.15, 0.2) is 0 Å². The molecule has 33 heavy (non-hydrogen) atoms. The average molecular weight is 458 g/mol. The van der Waals surface area contributed by atoms with E-state index in [9.17, 15) is 0 Å². The van der Waals surface area contributed by atoms with Crippen LogP contribution in [0.5, 0.6) is 5.75 Å². The van der Waals surface area contributed by atoms with Crippen LogP contribution in [0, 0.1) is 17.8 Å². The van der Waals surface area contributed by atoms with Crippen molar-refractivity contribution in [2.24, 2.45) is 23.5 Å². The fraction of sp³-hybridized carbons (Fsp3) is 0.793. The molecule has 1 aliphatic carbocycles. The van der Waals surface area contributed by atoms with Crippen LogP contribution in [-0.2, 0) is 0 Å². The van der Waals surface area contributed by atoms with E-state index < -0.39 is 0 Å². The first kappa shape index (κ1) is 26.3. The summed E-state index contributed by atoms with van der Waals surface area (Å²) in [5.41, 5.74) is 7.80. The first-order valence-electron chi connectivity index (χ1n) is 13.9. The van der Waals surface area contributed by atoms with Gasteiger partial charge in [0.25, 0.3) is 0 Å². The molecule has 0 spiro atoms. The monoisotopic (exact) mass is 457 g/mol. The Morgan fingerprint density at radius 2 is 1.67 bits per heavy atom. The maximum absolute atomic E-state index is 6.45. The first-order valence-corrected chi connectivity index (χ1v) is 13.9. The van der Waals surface area contributed by atoms with Crippen LogP contribution >= 0.6 is 0 Å². The molecule has 1 saturated carbocycles. The molecule has 1 aliphatic heterocycles. The van der Waals surface area contributed by atoms with E-state index in [-0.39, 0.29) is 0 Å². The van der Waals surface area contributed by atoms with Crippen LogP contribution in [0.25, 0.3) is 0 Å². The van der Waals surface area contributed by atoms with Gasteiger partial charge in [0.2, 0.25) is 0 Å². The molecule has 4 heteroatoms. The summed E-state index contributed by atoms with van der Waals surface area (Å²) in [5.74, 6) is 3.10. The summed E-state index contributed by atoms with van der Waals surface area (Å²) in [6.45, 7) is 14.6. The van der Waals surface area contributed by atoms with Crippen molar-refractivity contribution in [2.75, 3.05) is 37.7 Å². The van der Waals surface area contributed by atoms with E-state index in [2.05, 4.69) is 61.8 Å². The molecule has 2 unspecified atom stereocenters. The quantitative estimate of drug-likeness (QED) is 0.398. The van der Waals surface area contributed by atoms with Crippen LogP contribution in [0.3, 0.4) is 0 Å². The van der Waals surface area contributed by atoms with Gasteiger partial charge in [-0.25, -0.2) is 0 Å². The van der Waals surface area contributed by atoms with Gasteiger partial charge in [-0.2, -0.15) is 0 Å². The normalized spacial score (nSPS) is 20.7. The Kier molecular flexibility index (Phi) is 10.8. The zero-order valence-corrected chi connectivity index (χ0v) is 22.0. The Balaban J connectivity index is 1.55. The van der Waals surface area contributed by atoms with Gasteiger partial charge in [0.05, 0.1) is 6.61 Å². The van der Waals surface area contributed by atoms with Gasteiger partial charge in [0, 0.05) is 44.0 Å². The van der Waals surface area contributed by atoms with Gasteiger partial charge < -0.3 is 20.3 Å². The highest BCUT2D eigenvalue weighted by Crippen LogP contribution is 2.28. The van der Waals surface area contributed by atoms with Gasteiger partial charge in [-0.1, -0.05) is 53.4 Å². The highest BCUT2D eigenvalue weighted by molar-refractivity contribution is 5.50. The average Bonchev–Trinajstić information content (AvgIpc) is 2.84. The predicted molar refractivity (Wildman–Crippen MR) is 142 cm³/mol. The third kappa shape index (κ3) is 8.47.